The van der Waals surface area contributed by atoms with Crippen LogP contribution in [0.3, 0.4) is 0 Å². The predicted octanol–water partition coefficient (Wildman–Crippen LogP) is 5.51. The first-order chi connectivity index (χ1) is 15.0. The van der Waals surface area contributed by atoms with Crippen LogP contribution in [0.4, 0.5) is 11.4 Å². The van der Waals surface area contributed by atoms with Crippen LogP contribution in [0.2, 0.25) is 5.02 Å². The molecule has 1 unspecified atom stereocenters. The summed E-state index contributed by atoms with van der Waals surface area (Å²) in [6.45, 7) is 5.39. The zero-order valence-corrected chi connectivity index (χ0v) is 21.2. The van der Waals surface area contributed by atoms with Crippen LogP contribution in [0, 0.1) is 21.4 Å². The fourth-order valence-corrected chi connectivity index (χ4v) is 4.69. The first kappa shape index (κ1) is 26.2. The van der Waals surface area contributed by atoms with E-state index in [9.17, 15) is 19.9 Å². The molecule has 8 nitrogen and oxygen atoms in total. The fraction of sp³-hybridized carbons (Fsp3) is 0.381. The van der Waals surface area contributed by atoms with E-state index in [4.69, 9.17) is 16.3 Å². The molecule has 0 aliphatic carbocycles. The van der Waals surface area contributed by atoms with Gasteiger partial charge in [-0.15, -0.1) is 4.72 Å². The largest absolute Gasteiger partial charge is 0.598 e. The molecule has 2 aromatic carbocycles. The molecule has 0 heterocycles. The summed E-state index contributed by atoms with van der Waals surface area (Å²) < 4.78 is 20.7. The van der Waals surface area contributed by atoms with Crippen molar-refractivity contribution in [3.8, 4) is 11.8 Å². The zero-order chi connectivity index (χ0) is 24.1. The number of anilines is 1. The van der Waals surface area contributed by atoms with E-state index in [0.717, 1.165) is 0 Å². The van der Waals surface area contributed by atoms with Crippen LogP contribution in [0.5, 0.6) is 5.75 Å². The smallest absolute Gasteiger partial charge is 0.292 e. The van der Waals surface area contributed by atoms with E-state index in [1.54, 1.807) is 39.0 Å². The number of benzene rings is 2. The minimum atomic E-state index is -1.49. The van der Waals surface area contributed by atoms with Crippen LogP contribution < -0.4 is 14.8 Å². The second-order valence-electron chi connectivity index (χ2n) is 7.89. The summed E-state index contributed by atoms with van der Waals surface area (Å²) in [6, 6.07) is 10.3. The van der Waals surface area contributed by atoms with Crippen molar-refractivity contribution in [3.05, 3.63) is 61.6 Å². The summed E-state index contributed by atoms with van der Waals surface area (Å²) in [5.41, 5.74) is 0.674. The van der Waals surface area contributed by atoms with Crippen LogP contribution in [-0.2, 0) is 11.4 Å². The molecule has 11 heteroatoms. The van der Waals surface area contributed by atoms with Crippen LogP contribution in [0.15, 0.2) is 40.9 Å². The second kappa shape index (κ2) is 11.2. The van der Waals surface area contributed by atoms with Gasteiger partial charge in [-0.3, -0.25) is 10.1 Å². The Morgan fingerprint density at radius 2 is 2.03 bits per heavy atom. The van der Waals surface area contributed by atoms with Crippen molar-refractivity contribution in [3.63, 3.8) is 0 Å². The third-order valence-corrected chi connectivity index (χ3v) is 7.14. The Hall–Kier alpha value is -2.03. The number of halogens is 2. The van der Waals surface area contributed by atoms with Crippen molar-refractivity contribution in [2.75, 3.05) is 12.4 Å². The van der Waals surface area contributed by atoms with Gasteiger partial charge in [-0.1, -0.05) is 33.6 Å². The molecule has 172 valence electrons. The number of rotatable bonds is 9. The van der Waals surface area contributed by atoms with E-state index in [1.807, 2.05) is 0 Å². The standard InChI is InChI=1S/C21H24BrClN4O4S/c1-21(2,3)32(30)26-13(12-24)10-18(20-15(22)6-5-7-16(20)23)25-17-11-14(31-4)8-9-19(17)27(28)29/h5-9,11,13,18,25-26H,10H2,1-4H3/t13?,18-,32-/m1/s1. The summed E-state index contributed by atoms with van der Waals surface area (Å²) in [6.07, 6.45) is 0.134. The van der Waals surface area contributed by atoms with Crippen LogP contribution >= 0.6 is 27.5 Å². The van der Waals surface area contributed by atoms with Crippen molar-refractivity contribution in [2.24, 2.45) is 0 Å². The van der Waals surface area contributed by atoms with Crippen molar-refractivity contribution in [1.29, 1.82) is 5.26 Å². The van der Waals surface area contributed by atoms with Gasteiger partial charge in [0.05, 0.1) is 24.1 Å². The SMILES string of the molecule is COc1ccc([N+](=O)[O-])c(N[C@H](CC(C#N)N[S@+]([O-])C(C)(C)C)c2c(Cl)cccc2Br)c1. The maximum absolute atomic E-state index is 12.6. The molecule has 2 rings (SSSR count). The molecular weight excluding hydrogens is 520 g/mol. The number of nitro groups is 1. The molecule has 0 aliphatic rings. The normalized spacial score (nSPS) is 14.2. The average molecular weight is 544 g/mol. The van der Waals surface area contributed by atoms with Gasteiger partial charge in [0.1, 0.15) is 22.2 Å². The molecular formula is C21H24BrClN4O4S. The number of nitrogens with zero attached hydrogens (tertiary/aromatic N) is 2. The van der Waals surface area contributed by atoms with Crippen LogP contribution in [0.1, 0.15) is 38.8 Å². The van der Waals surface area contributed by atoms with Gasteiger partial charge < -0.3 is 14.6 Å². The quantitative estimate of drug-likeness (QED) is 0.243. The Morgan fingerprint density at radius 1 is 1.34 bits per heavy atom. The van der Waals surface area contributed by atoms with Gasteiger partial charge in [-0.25, -0.2) is 0 Å². The van der Waals surface area contributed by atoms with Gasteiger partial charge >= 0.3 is 0 Å². The highest BCUT2D eigenvalue weighted by Crippen LogP contribution is 2.38. The zero-order valence-electron chi connectivity index (χ0n) is 18.0. The van der Waals surface area contributed by atoms with Crippen molar-refractivity contribution in [1.82, 2.24) is 4.72 Å². The lowest BCUT2D eigenvalue weighted by atomic mass is 9.99. The van der Waals surface area contributed by atoms with Gasteiger partial charge in [-0.2, -0.15) is 5.26 Å². The van der Waals surface area contributed by atoms with Gasteiger partial charge in [-0.05, 0) is 39.0 Å². The lowest BCUT2D eigenvalue weighted by molar-refractivity contribution is -0.384. The van der Waals surface area contributed by atoms with E-state index in [2.05, 4.69) is 32.0 Å². The lowest BCUT2D eigenvalue weighted by Gasteiger charge is -2.28. The van der Waals surface area contributed by atoms with Crippen LogP contribution in [-0.4, -0.2) is 27.4 Å². The minimum absolute atomic E-state index is 0.134. The molecule has 0 amide bonds. The van der Waals surface area contributed by atoms with Crippen molar-refractivity contribution >= 4 is 50.3 Å². The summed E-state index contributed by atoms with van der Waals surface area (Å²) in [5, 5.41) is 24.9. The van der Waals surface area contributed by atoms with E-state index in [-0.39, 0.29) is 17.8 Å². The molecule has 0 aliphatic heterocycles. The summed E-state index contributed by atoms with van der Waals surface area (Å²) in [5.74, 6) is 0.430. The van der Waals surface area contributed by atoms with Crippen molar-refractivity contribution < 1.29 is 14.2 Å². The predicted molar refractivity (Wildman–Crippen MR) is 130 cm³/mol. The Kier molecular flexibility index (Phi) is 9.18. The Labute approximate surface area is 203 Å². The number of ether oxygens (including phenoxy) is 1. The first-order valence-corrected chi connectivity index (χ1v) is 11.9. The average Bonchev–Trinajstić information content (AvgIpc) is 2.71. The highest BCUT2D eigenvalue weighted by atomic mass is 79.9. The highest BCUT2D eigenvalue weighted by molar-refractivity contribution is 9.10. The third-order valence-electron chi connectivity index (χ3n) is 4.51. The summed E-state index contributed by atoms with van der Waals surface area (Å²) >= 11 is 8.46. The molecule has 0 saturated heterocycles. The van der Waals surface area contributed by atoms with E-state index >= 15 is 0 Å². The Bertz CT molecular complexity index is 992. The van der Waals surface area contributed by atoms with E-state index in [0.29, 0.717) is 20.8 Å². The van der Waals surface area contributed by atoms with E-state index < -0.39 is 33.1 Å². The highest BCUT2D eigenvalue weighted by Gasteiger charge is 2.32. The summed E-state index contributed by atoms with van der Waals surface area (Å²) in [7, 11) is 1.46. The molecule has 32 heavy (non-hydrogen) atoms. The maximum Gasteiger partial charge on any atom is 0.292 e. The maximum atomic E-state index is 12.6. The third kappa shape index (κ3) is 6.73. The first-order valence-electron chi connectivity index (χ1n) is 9.58. The number of hydrogen-bond donors (Lipinski definition) is 2. The molecule has 2 aromatic rings. The van der Waals surface area contributed by atoms with Gasteiger partial charge in [0, 0.05) is 45.0 Å². The molecule has 3 atom stereocenters. The van der Waals surface area contributed by atoms with Gasteiger partial charge in [0.25, 0.3) is 5.69 Å². The summed E-state index contributed by atoms with van der Waals surface area (Å²) in [4.78, 5) is 11.1. The lowest BCUT2D eigenvalue weighted by Crippen LogP contribution is -2.45. The molecule has 0 bridgehead atoms. The number of hydrogen-bond acceptors (Lipinski definition) is 7. The van der Waals surface area contributed by atoms with Gasteiger partial charge in [0.15, 0.2) is 0 Å². The fourth-order valence-electron chi connectivity index (χ4n) is 2.87. The molecule has 0 aromatic heterocycles. The topological polar surface area (TPSA) is 123 Å². The van der Waals surface area contributed by atoms with E-state index in [1.165, 1.54) is 25.3 Å². The molecule has 0 saturated carbocycles. The van der Waals surface area contributed by atoms with Crippen LogP contribution in [0.25, 0.3) is 0 Å². The molecule has 2 N–H and O–H groups in total. The number of nitriles is 1. The minimum Gasteiger partial charge on any atom is -0.598 e. The molecule has 0 spiro atoms. The molecule has 0 radical (unpaired) electrons. The number of nitrogens with one attached hydrogen (secondary N) is 2. The molecule has 0 fully saturated rings. The van der Waals surface area contributed by atoms with Crippen molar-refractivity contribution in [2.45, 2.75) is 44.0 Å². The Morgan fingerprint density at radius 3 is 2.56 bits per heavy atom. The van der Waals surface area contributed by atoms with Gasteiger partial charge in [0.2, 0.25) is 0 Å². The monoisotopic (exact) mass is 542 g/mol. The Balaban J connectivity index is 2.49. The second-order valence-corrected chi connectivity index (χ2v) is 11.1. The number of methoxy groups -OCH3 is 1. The number of nitro benzene ring substituents is 1.